The van der Waals surface area contributed by atoms with E-state index in [-0.39, 0.29) is 5.91 Å². The summed E-state index contributed by atoms with van der Waals surface area (Å²) in [6.07, 6.45) is 5.14. The van der Waals surface area contributed by atoms with Gasteiger partial charge in [0.2, 0.25) is 0 Å². The number of aryl methyl sites for hydroxylation is 1. The molecule has 0 saturated heterocycles. The summed E-state index contributed by atoms with van der Waals surface area (Å²) in [4.78, 5) is 13.8. The van der Waals surface area contributed by atoms with Gasteiger partial charge in [0.1, 0.15) is 5.69 Å². The van der Waals surface area contributed by atoms with Crippen molar-refractivity contribution < 1.29 is 4.79 Å². The molecule has 0 aliphatic rings. The molecule has 0 atom stereocenters. The minimum absolute atomic E-state index is 0.0373. The number of anilines is 1. The fourth-order valence-electron chi connectivity index (χ4n) is 1.70. The lowest BCUT2D eigenvalue weighted by atomic mass is 10.2. The molecule has 0 aliphatic carbocycles. The maximum absolute atomic E-state index is 12.0. The average molecular weight is 223 g/mol. The number of carbonyl (C=O) groups is 1. The van der Waals surface area contributed by atoms with Crippen LogP contribution >= 0.6 is 0 Å². The molecule has 90 valence electrons. The van der Waals surface area contributed by atoms with Gasteiger partial charge in [-0.3, -0.25) is 4.79 Å². The lowest BCUT2D eigenvalue weighted by Crippen LogP contribution is -2.29. The molecule has 1 aromatic heterocycles. The van der Waals surface area contributed by atoms with Crippen LogP contribution in [-0.4, -0.2) is 29.0 Å². The summed E-state index contributed by atoms with van der Waals surface area (Å²) in [6.45, 7) is 2.96. The van der Waals surface area contributed by atoms with Crippen LogP contribution in [0, 0.1) is 0 Å². The van der Waals surface area contributed by atoms with Crippen LogP contribution < -0.4 is 5.73 Å². The van der Waals surface area contributed by atoms with Crippen molar-refractivity contribution in [1.29, 1.82) is 0 Å². The van der Waals surface area contributed by atoms with Crippen LogP contribution in [0.2, 0.25) is 0 Å². The number of aromatic nitrogens is 1. The van der Waals surface area contributed by atoms with Gasteiger partial charge in [0.25, 0.3) is 5.91 Å². The predicted octanol–water partition coefficient (Wildman–Crippen LogP) is 1.87. The summed E-state index contributed by atoms with van der Waals surface area (Å²) in [7, 11) is 3.67. The molecule has 0 saturated carbocycles. The Balaban J connectivity index is 2.60. The Hall–Kier alpha value is -1.45. The van der Waals surface area contributed by atoms with Crippen molar-refractivity contribution >= 4 is 11.6 Å². The maximum atomic E-state index is 12.0. The summed E-state index contributed by atoms with van der Waals surface area (Å²) in [5.74, 6) is 0.0373. The molecule has 1 rings (SSSR count). The van der Waals surface area contributed by atoms with E-state index in [2.05, 4.69) is 6.92 Å². The van der Waals surface area contributed by atoms with Crippen LogP contribution in [0.4, 0.5) is 5.69 Å². The minimum Gasteiger partial charge on any atom is -0.397 e. The highest BCUT2D eigenvalue weighted by Gasteiger charge is 2.14. The molecular formula is C12H21N3O. The number of nitrogens with two attached hydrogens (primary N) is 1. The van der Waals surface area contributed by atoms with Crippen molar-refractivity contribution in [3.05, 3.63) is 18.0 Å². The third-order valence-corrected chi connectivity index (χ3v) is 2.69. The fourth-order valence-corrected chi connectivity index (χ4v) is 1.70. The molecule has 0 radical (unpaired) electrons. The van der Waals surface area contributed by atoms with Crippen molar-refractivity contribution in [1.82, 2.24) is 9.47 Å². The Labute approximate surface area is 97.0 Å². The highest BCUT2D eigenvalue weighted by atomic mass is 16.2. The summed E-state index contributed by atoms with van der Waals surface area (Å²) in [5, 5.41) is 0. The predicted molar refractivity (Wildman–Crippen MR) is 66.3 cm³/mol. The molecule has 0 bridgehead atoms. The molecule has 4 nitrogen and oxygen atoms in total. The molecule has 1 aromatic rings. The second-order valence-electron chi connectivity index (χ2n) is 4.20. The Kier molecular flexibility index (Phi) is 4.40. The van der Waals surface area contributed by atoms with Crippen molar-refractivity contribution in [3.63, 3.8) is 0 Å². The van der Waals surface area contributed by atoms with Crippen LogP contribution in [-0.2, 0) is 7.05 Å². The highest BCUT2D eigenvalue weighted by Crippen LogP contribution is 2.11. The van der Waals surface area contributed by atoms with Crippen LogP contribution in [0.15, 0.2) is 12.3 Å². The van der Waals surface area contributed by atoms with E-state index in [9.17, 15) is 4.79 Å². The molecule has 4 heteroatoms. The van der Waals surface area contributed by atoms with Gasteiger partial charge in [-0.05, 0) is 12.5 Å². The first-order valence-electron chi connectivity index (χ1n) is 5.73. The summed E-state index contributed by atoms with van der Waals surface area (Å²) < 4.78 is 1.77. The topological polar surface area (TPSA) is 51.3 Å². The number of rotatable bonds is 5. The van der Waals surface area contributed by atoms with E-state index in [1.165, 1.54) is 6.42 Å². The number of nitrogens with zero attached hydrogens (tertiary/aromatic N) is 2. The number of hydrogen-bond donors (Lipinski definition) is 1. The number of nitrogen functional groups attached to an aromatic ring is 1. The first-order chi connectivity index (χ1) is 7.56. The number of unbranched alkanes of at least 4 members (excludes halogenated alkanes) is 2. The molecular weight excluding hydrogens is 202 g/mol. The Morgan fingerprint density at radius 3 is 2.69 bits per heavy atom. The lowest BCUT2D eigenvalue weighted by molar-refractivity contribution is 0.0783. The smallest absolute Gasteiger partial charge is 0.270 e. The molecule has 16 heavy (non-hydrogen) atoms. The Bertz CT molecular complexity index is 357. The van der Waals surface area contributed by atoms with E-state index >= 15 is 0 Å². The van der Waals surface area contributed by atoms with E-state index in [0.717, 1.165) is 19.4 Å². The van der Waals surface area contributed by atoms with Crippen molar-refractivity contribution in [3.8, 4) is 0 Å². The van der Waals surface area contributed by atoms with Gasteiger partial charge in [-0.2, -0.15) is 0 Å². The van der Waals surface area contributed by atoms with Crippen LogP contribution in [0.1, 0.15) is 36.7 Å². The largest absolute Gasteiger partial charge is 0.397 e. The van der Waals surface area contributed by atoms with Gasteiger partial charge in [-0.25, -0.2) is 0 Å². The van der Waals surface area contributed by atoms with Gasteiger partial charge in [-0.1, -0.05) is 19.8 Å². The highest BCUT2D eigenvalue weighted by molar-refractivity contribution is 5.93. The quantitative estimate of drug-likeness (QED) is 0.775. The first kappa shape index (κ1) is 12.6. The minimum atomic E-state index is 0.0373. The SMILES string of the molecule is CCCCCN(C)C(=O)c1cc(N)cn1C. The lowest BCUT2D eigenvalue weighted by Gasteiger charge is -2.17. The van der Waals surface area contributed by atoms with Gasteiger partial charge in [0.05, 0.1) is 5.69 Å². The number of hydrogen-bond acceptors (Lipinski definition) is 2. The average Bonchev–Trinajstić information content (AvgIpc) is 2.57. The molecule has 0 fully saturated rings. The van der Waals surface area contributed by atoms with E-state index in [1.807, 2.05) is 14.1 Å². The van der Waals surface area contributed by atoms with Crippen molar-refractivity contribution in [2.45, 2.75) is 26.2 Å². The fraction of sp³-hybridized carbons (Fsp3) is 0.583. The summed E-state index contributed by atoms with van der Waals surface area (Å²) in [5.41, 5.74) is 6.93. The maximum Gasteiger partial charge on any atom is 0.270 e. The first-order valence-corrected chi connectivity index (χ1v) is 5.73. The zero-order valence-electron chi connectivity index (χ0n) is 10.4. The Morgan fingerprint density at radius 1 is 1.50 bits per heavy atom. The van der Waals surface area contributed by atoms with E-state index in [1.54, 1.807) is 21.7 Å². The van der Waals surface area contributed by atoms with Gasteiger partial charge in [0.15, 0.2) is 0 Å². The third kappa shape index (κ3) is 3.02. The molecule has 0 aliphatic heterocycles. The third-order valence-electron chi connectivity index (χ3n) is 2.69. The van der Waals surface area contributed by atoms with Gasteiger partial charge < -0.3 is 15.2 Å². The monoisotopic (exact) mass is 223 g/mol. The van der Waals surface area contributed by atoms with Crippen LogP contribution in [0.25, 0.3) is 0 Å². The molecule has 0 aromatic carbocycles. The van der Waals surface area contributed by atoms with Crippen molar-refractivity contribution in [2.75, 3.05) is 19.3 Å². The number of carbonyl (C=O) groups excluding carboxylic acids is 1. The van der Waals surface area contributed by atoms with Gasteiger partial charge >= 0.3 is 0 Å². The van der Waals surface area contributed by atoms with E-state index < -0.39 is 0 Å². The molecule has 1 heterocycles. The normalized spacial score (nSPS) is 10.4. The summed E-state index contributed by atoms with van der Waals surface area (Å²) >= 11 is 0. The van der Waals surface area contributed by atoms with Crippen LogP contribution in [0.3, 0.4) is 0 Å². The number of amides is 1. The summed E-state index contributed by atoms with van der Waals surface area (Å²) in [6, 6.07) is 1.72. The standard InChI is InChI=1S/C12H21N3O/c1-4-5-6-7-14(2)12(16)11-8-10(13)9-15(11)3/h8-9H,4-7,13H2,1-3H3. The van der Waals surface area contributed by atoms with Crippen LogP contribution in [0.5, 0.6) is 0 Å². The zero-order valence-corrected chi connectivity index (χ0v) is 10.4. The van der Waals surface area contributed by atoms with Gasteiger partial charge in [-0.15, -0.1) is 0 Å². The zero-order chi connectivity index (χ0) is 12.1. The second-order valence-corrected chi connectivity index (χ2v) is 4.20. The van der Waals surface area contributed by atoms with E-state index in [4.69, 9.17) is 5.73 Å². The van der Waals surface area contributed by atoms with Crippen molar-refractivity contribution in [2.24, 2.45) is 7.05 Å². The molecule has 2 N–H and O–H groups in total. The molecule has 0 unspecified atom stereocenters. The molecule has 0 spiro atoms. The van der Waals surface area contributed by atoms with E-state index in [0.29, 0.717) is 11.4 Å². The second kappa shape index (κ2) is 5.58. The Morgan fingerprint density at radius 2 is 2.19 bits per heavy atom. The van der Waals surface area contributed by atoms with Gasteiger partial charge in [0, 0.05) is 26.8 Å². The molecule has 1 amide bonds.